The number of nitrogens with one attached hydrogen (secondary N) is 1. The molecule has 3 rings (SSSR count). The molecular weight excluding hydrogens is 386 g/mol. The first-order chi connectivity index (χ1) is 13.9. The van der Waals surface area contributed by atoms with Gasteiger partial charge in [-0.3, -0.25) is 4.79 Å². The van der Waals surface area contributed by atoms with Crippen molar-refractivity contribution in [3.8, 4) is 11.5 Å². The molecule has 0 radical (unpaired) electrons. The number of rotatable bonds is 7. The van der Waals surface area contributed by atoms with Crippen molar-refractivity contribution in [1.82, 2.24) is 5.32 Å². The summed E-state index contributed by atoms with van der Waals surface area (Å²) >= 11 is 0. The minimum absolute atomic E-state index is 0.0497. The molecule has 0 aliphatic heterocycles. The van der Waals surface area contributed by atoms with Crippen molar-refractivity contribution in [2.24, 2.45) is 0 Å². The van der Waals surface area contributed by atoms with Gasteiger partial charge in [-0.1, -0.05) is 42.5 Å². The molecule has 3 aromatic carbocycles. The minimum atomic E-state index is -3.56. The Morgan fingerprint density at radius 1 is 0.897 bits per heavy atom. The van der Waals surface area contributed by atoms with Gasteiger partial charge < -0.3 is 10.1 Å². The maximum absolute atomic E-state index is 12.7. The van der Waals surface area contributed by atoms with E-state index in [1.54, 1.807) is 26.0 Å². The van der Waals surface area contributed by atoms with Crippen molar-refractivity contribution in [1.29, 1.82) is 0 Å². The summed E-state index contributed by atoms with van der Waals surface area (Å²) in [4.78, 5) is 12.7. The smallest absolute Gasteiger partial charge is 0.252 e. The number of para-hydroxylation sites is 1. The fraction of sp³-hybridized carbons (Fsp3) is 0.174. The quantitative estimate of drug-likeness (QED) is 0.619. The number of carbonyl (C=O) groups excluding carboxylic acids is 1. The molecule has 29 heavy (non-hydrogen) atoms. The number of carbonyl (C=O) groups is 1. The zero-order valence-corrected chi connectivity index (χ0v) is 17.1. The predicted molar refractivity (Wildman–Crippen MR) is 113 cm³/mol. The van der Waals surface area contributed by atoms with Gasteiger partial charge in [0.15, 0.2) is 9.84 Å². The van der Waals surface area contributed by atoms with E-state index in [4.69, 9.17) is 4.74 Å². The molecule has 0 aromatic heterocycles. The van der Waals surface area contributed by atoms with Gasteiger partial charge in [-0.05, 0) is 55.8 Å². The lowest BCUT2D eigenvalue weighted by Gasteiger charge is -2.13. The monoisotopic (exact) mass is 409 g/mol. The van der Waals surface area contributed by atoms with Crippen LogP contribution in [0.1, 0.15) is 29.8 Å². The van der Waals surface area contributed by atoms with Crippen LogP contribution in [0, 0.1) is 0 Å². The van der Waals surface area contributed by atoms with Gasteiger partial charge in [0, 0.05) is 6.54 Å². The SMILES string of the molecule is CC(C)S(=O)(=O)c1ccccc1C(=O)NCc1cccc(Oc2ccccc2)c1. The molecule has 1 N–H and O–H groups in total. The van der Waals surface area contributed by atoms with Gasteiger partial charge in [0.1, 0.15) is 11.5 Å². The molecule has 1 amide bonds. The number of ether oxygens (including phenoxy) is 1. The second-order valence-electron chi connectivity index (χ2n) is 6.84. The first-order valence-electron chi connectivity index (χ1n) is 9.31. The second kappa shape index (κ2) is 8.92. The van der Waals surface area contributed by atoms with Crippen LogP contribution >= 0.6 is 0 Å². The molecule has 0 bridgehead atoms. The molecule has 0 saturated heterocycles. The van der Waals surface area contributed by atoms with E-state index >= 15 is 0 Å². The van der Waals surface area contributed by atoms with Gasteiger partial charge in [-0.2, -0.15) is 0 Å². The third-order valence-corrected chi connectivity index (χ3v) is 6.60. The zero-order valence-electron chi connectivity index (χ0n) is 16.3. The summed E-state index contributed by atoms with van der Waals surface area (Å²) in [5.74, 6) is 0.950. The van der Waals surface area contributed by atoms with E-state index in [1.807, 2.05) is 54.6 Å². The van der Waals surface area contributed by atoms with Crippen LogP contribution in [0.4, 0.5) is 0 Å². The lowest BCUT2D eigenvalue weighted by Crippen LogP contribution is -2.26. The van der Waals surface area contributed by atoms with Gasteiger partial charge in [0.25, 0.3) is 5.91 Å². The first kappa shape index (κ1) is 20.6. The van der Waals surface area contributed by atoms with Gasteiger partial charge in [-0.25, -0.2) is 8.42 Å². The normalized spacial score (nSPS) is 11.3. The van der Waals surface area contributed by atoms with E-state index in [-0.39, 0.29) is 17.0 Å². The van der Waals surface area contributed by atoms with Gasteiger partial charge in [-0.15, -0.1) is 0 Å². The number of hydrogen-bond acceptors (Lipinski definition) is 4. The molecule has 150 valence electrons. The maximum atomic E-state index is 12.7. The highest BCUT2D eigenvalue weighted by molar-refractivity contribution is 7.92. The fourth-order valence-electron chi connectivity index (χ4n) is 2.78. The highest BCUT2D eigenvalue weighted by Crippen LogP contribution is 2.23. The second-order valence-corrected chi connectivity index (χ2v) is 9.31. The lowest BCUT2D eigenvalue weighted by atomic mass is 10.2. The average molecular weight is 410 g/mol. The number of benzene rings is 3. The summed E-state index contributed by atoms with van der Waals surface area (Å²) in [6.45, 7) is 3.45. The van der Waals surface area contributed by atoms with Crippen molar-refractivity contribution in [2.75, 3.05) is 0 Å². The molecule has 0 aliphatic rings. The highest BCUT2D eigenvalue weighted by Gasteiger charge is 2.25. The van der Waals surface area contributed by atoms with Gasteiger partial charge in [0.2, 0.25) is 0 Å². The first-order valence-corrected chi connectivity index (χ1v) is 10.9. The van der Waals surface area contributed by atoms with E-state index in [9.17, 15) is 13.2 Å². The summed E-state index contributed by atoms with van der Waals surface area (Å²) < 4.78 is 30.9. The Bertz CT molecular complexity index is 1090. The Morgan fingerprint density at radius 2 is 1.55 bits per heavy atom. The van der Waals surface area contributed by atoms with E-state index in [2.05, 4.69) is 5.32 Å². The molecule has 0 saturated carbocycles. The van der Waals surface area contributed by atoms with Crippen molar-refractivity contribution in [3.05, 3.63) is 90.0 Å². The van der Waals surface area contributed by atoms with Crippen LogP contribution in [0.3, 0.4) is 0 Å². The largest absolute Gasteiger partial charge is 0.457 e. The third-order valence-electron chi connectivity index (χ3n) is 4.39. The van der Waals surface area contributed by atoms with Gasteiger partial charge in [0.05, 0.1) is 15.7 Å². The van der Waals surface area contributed by atoms with Crippen LogP contribution in [-0.4, -0.2) is 19.6 Å². The Labute approximate surface area is 171 Å². The highest BCUT2D eigenvalue weighted by atomic mass is 32.2. The number of sulfone groups is 1. The van der Waals surface area contributed by atoms with Crippen LogP contribution in [0.5, 0.6) is 11.5 Å². The topological polar surface area (TPSA) is 72.5 Å². The fourth-order valence-corrected chi connectivity index (χ4v) is 4.02. The van der Waals surface area contributed by atoms with E-state index < -0.39 is 21.0 Å². The molecule has 5 nitrogen and oxygen atoms in total. The molecule has 3 aromatic rings. The maximum Gasteiger partial charge on any atom is 0.252 e. The predicted octanol–water partition coefficient (Wildman–Crippen LogP) is 4.59. The minimum Gasteiger partial charge on any atom is -0.457 e. The lowest BCUT2D eigenvalue weighted by molar-refractivity contribution is 0.0947. The van der Waals surface area contributed by atoms with Crippen molar-refractivity contribution < 1.29 is 17.9 Å². The molecule has 0 heterocycles. The molecular formula is C23H23NO4S. The summed E-state index contributed by atoms with van der Waals surface area (Å²) in [6.07, 6.45) is 0. The third kappa shape index (κ3) is 5.03. The zero-order chi connectivity index (χ0) is 20.9. The Hall–Kier alpha value is -3.12. The Balaban J connectivity index is 1.73. The van der Waals surface area contributed by atoms with Crippen molar-refractivity contribution in [2.45, 2.75) is 30.5 Å². The molecule has 0 spiro atoms. The Kier molecular flexibility index (Phi) is 6.34. The molecule has 0 unspecified atom stereocenters. The summed E-state index contributed by atoms with van der Waals surface area (Å²) in [6, 6.07) is 23.1. The molecule has 6 heteroatoms. The van der Waals surface area contributed by atoms with E-state index in [1.165, 1.54) is 12.1 Å². The molecule has 0 atom stereocenters. The summed E-state index contributed by atoms with van der Waals surface area (Å²) in [5.41, 5.74) is 0.994. The van der Waals surface area contributed by atoms with Crippen molar-refractivity contribution in [3.63, 3.8) is 0 Å². The average Bonchev–Trinajstić information content (AvgIpc) is 2.73. The standard InChI is InChI=1S/C23H23NO4S/c1-17(2)29(26,27)22-14-7-6-13-21(22)23(25)24-16-18-9-8-12-20(15-18)28-19-10-4-3-5-11-19/h3-15,17H,16H2,1-2H3,(H,24,25). The van der Waals surface area contributed by atoms with E-state index in [0.29, 0.717) is 5.75 Å². The number of hydrogen-bond donors (Lipinski definition) is 1. The van der Waals surface area contributed by atoms with Crippen LogP contribution in [0.15, 0.2) is 83.8 Å². The van der Waals surface area contributed by atoms with Crippen molar-refractivity contribution >= 4 is 15.7 Å². The number of amides is 1. The summed E-state index contributed by atoms with van der Waals surface area (Å²) in [5, 5.41) is 2.19. The molecule has 0 fully saturated rings. The van der Waals surface area contributed by atoms with E-state index in [0.717, 1.165) is 11.3 Å². The van der Waals surface area contributed by atoms with Crippen LogP contribution < -0.4 is 10.1 Å². The van der Waals surface area contributed by atoms with Crippen LogP contribution in [0.25, 0.3) is 0 Å². The van der Waals surface area contributed by atoms with Gasteiger partial charge >= 0.3 is 0 Å². The Morgan fingerprint density at radius 3 is 2.28 bits per heavy atom. The van der Waals surface area contributed by atoms with Crippen LogP contribution in [-0.2, 0) is 16.4 Å². The van der Waals surface area contributed by atoms with Crippen LogP contribution in [0.2, 0.25) is 0 Å². The summed E-state index contributed by atoms with van der Waals surface area (Å²) in [7, 11) is -3.56. The molecule has 0 aliphatic carbocycles.